The van der Waals surface area contributed by atoms with Gasteiger partial charge in [0.1, 0.15) is 5.75 Å². The number of aliphatic hydroxyl groups is 1. The molecule has 21 heavy (non-hydrogen) atoms. The molecule has 2 atom stereocenters. The summed E-state index contributed by atoms with van der Waals surface area (Å²) in [4.78, 5) is 2.38. The van der Waals surface area contributed by atoms with Crippen molar-refractivity contribution in [2.75, 3.05) is 13.2 Å². The number of aliphatic hydroxyl groups excluding tert-OH is 1. The minimum absolute atomic E-state index is 0.406. The number of rotatable bonds is 3. The van der Waals surface area contributed by atoms with Crippen molar-refractivity contribution < 1.29 is 9.84 Å². The summed E-state index contributed by atoms with van der Waals surface area (Å²) in [7, 11) is 0. The lowest BCUT2D eigenvalue weighted by atomic mass is 9.69. The number of nitrogens with two attached hydrogens (primary N) is 1. The van der Waals surface area contributed by atoms with Gasteiger partial charge in [-0.25, -0.2) is 0 Å². The molecule has 1 aromatic heterocycles. The Bertz CT molecular complexity index is 652. The van der Waals surface area contributed by atoms with Crippen molar-refractivity contribution in [3.8, 4) is 5.75 Å². The first-order chi connectivity index (χ1) is 10.1. The van der Waals surface area contributed by atoms with Gasteiger partial charge in [-0.05, 0) is 38.0 Å². The second kappa shape index (κ2) is 5.44. The van der Waals surface area contributed by atoms with Gasteiger partial charge < -0.3 is 15.6 Å². The minimum atomic E-state index is -0.600. The Morgan fingerprint density at radius 1 is 1.38 bits per heavy atom. The maximum absolute atomic E-state index is 11.1. The van der Waals surface area contributed by atoms with Crippen LogP contribution in [0, 0.1) is 13.8 Å². The molecule has 1 aromatic carbocycles. The average molecular weight is 303 g/mol. The second-order valence-corrected chi connectivity index (χ2v) is 7.19. The van der Waals surface area contributed by atoms with Crippen molar-refractivity contribution in [1.29, 1.82) is 0 Å². The fraction of sp³-hybridized carbons (Fsp3) is 0.412. The highest BCUT2D eigenvalue weighted by atomic mass is 32.1. The molecule has 1 aliphatic rings. The Morgan fingerprint density at radius 3 is 2.81 bits per heavy atom. The third-order valence-corrected chi connectivity index (χ3v) is 5.47. The van der Waals surface area contributed by atoms with Crippen LogP contribution in [-0.2, 0) is 5.41 Å². The molecule has 3 N–H and O–H groups in total. The van der Waals surface area contributed by atoms with Crippen molar-refractivity contribution in [2.45, 2.75) is 31.8 Å². The molecule has 0 saturated heterocycles. The maximum Gasteiger partial charge on any atom is 0.123 e. The summed E-state index contributed by atoms with van der Waals surface area (Å²) in [6.07, 6.45) is 0.133. The predicted octanol–water partition coefficient (Wildman–Crippen LogP) is 3.08. The van der Waals surface area contributed by atoms with Gasteiger partial charge in [-0.1, -0.05) is 18.2 Å². The fourth-order valence-corrected chi connectivity index (χ4v) is 4.27. The largest absolute Gasteiger partial charge is 0.493 e. The third-order valence-electron chi connectivity index (χ3n) is 4.49. The lowest BCUT2D eigenvalue weighted by molar-refractivity contribution is 0.0534. The molecule has 3 rings (SSSR count). The summed E-state index contributed by atoms with van der Waals surface area (Å²) in [5, 5.41) is 11.1. The van der Waals surface area contributed by atoms with Crippen molar-refractivity contribution in [2.24, 2.45) is 5.73 Å². The number of para-hydroxylation sites is 1. The summed E-state index contributed by atoms with van der Waals surface area (Å²) in [5.74, 6) is 0.845. The van der Waals surface area contributed by atoms with E-state index in [2.05, 4.69) is 19.9 Å². The smallest absolute Gasteiger partial charge is 0.123 e. The number of aryl methyl sites for hydroxylation is 2. The SMILES string of the molecule is Cc1cc(C(O)C2(CN)CCOc3ccccc32)c(C)s1. The first-order valence-electron chi connectivity index (χ1n) is 7.26. The van der Waals surface area contributed by atoms with Crippen molar-refractivity contribution in [3.05, 3.63) is 51.2 Å². The molecule has 2 unspecified atom stereocenters. The van der Waals surface area contributed by atoms with E-state index in [4.69, 9.17) is 10.5 Å². The summed E-state index contributed by atoms with van der Waals surface area (Å²) >= 11 is 1.72. The van der Waals surface area contributed by atoms with E-state index < -0.39 is 11.5 Å². The first kappa shape index (κ1) is 14.6. The quantitative estimate of drug-likeness (QED) is 0.916. The Labute approximate surface area is 129 Å². The molecule has 2 heterocycles. The molecule has 1 aliphatic heterocycles. The Morgan fingerprint density at radius 2 is 2.14 bits per heavy atom. The van der Waals surface area contributed by atoms with Crippen LogP contribution >= 0.6 is 11.3 Å². The van der Waals surface area contributed by atoms with Crippen LogP contribution < -0.4 is 10.5 Å². The molecule has 4 heteroatoms. The van der Waals surface area contributed by atoms with Crippen LogP contribution in [0.5, 0.6) is 5.75 Å². The van der Waals surface area contributed by atoms with E-state index in [1.54, 1.807) is 11.3 Å². The van der Waals surface area contributed by atoms with Crippen molar-refractivity contribution in [1.82, 2.24) is 0 Å². The summed E-state index contributed by atoms with van der Waals surface area (Å²) in [6, 6.07) is 10.0. The molecule has 0 bridgehead atoms. The lowest BCUT2D eigenvalue weighted by Gasteiger charge is -2.41. The Balaban J connectivity index is 2.11. The van der Waals surface area contributed by atoms with Gasteiger partial charge in [0.25, 0.3) is 0 Å². The summed E-state index contributed by atoms with van der Waals surface area (Å²) < 4.78 is 5.74. The lowest BCUT2D eigenvalue weighted by Crippen LogP contribution is -2.45. The van der Waals surface area contributed by atoms with Gasteiger partial charge in [0.2, 0.25) is 0 Å². The van der Waals surface area contributed by atoms with E-state index in [1.807, 2.05) is 24.3 Å². The number of hydrogen-bond acceptors (Lipinski definition) is 4. The molecular formula is C17H21NO2S. The number of hydrogen-bond donors (Lipinski definition) is 2. The molecule has 2 aromatic rings. The highest BCUT2D eigenvalue weighted by Crippen LogP contribution is 2.47. The molecule has 3 nitrogen and oxygen atoms in total. The zero-order valence-corrected chi connectivity index (χ0v) is 13.2. The predicted molar refractivity (Wildman–Crippen MR) is 86.0 cm³/mol. The molecule has 0 fully saturated rings. The van der Waals surface area contributed by atoms with E-state index >= 15 is 0 Å². The average Bonchev–Trinajstić information content (AvgIpc) is 2.84. The van der Waals surface area contributed by atoms with E-state index in [-0.39, 0.29) is 0 Å². The van der Waals surface area contributed by atoms with Crippen LogP contribution in [0.15, 0.2) is 30.3 Å². The van der Waals surface area contributed by atoms with Gasteiger partial charge in [-0.2, -0.15) is 0 Å². The van der Waals surface area contributed by atoms with Crippen LogP contribution in [0.3, 0.4) is 0 Å². The van der Waals surface area contributed by atoms with Crippen molar-refractivity contribution in [3.63, 3.8) is 0 Å². The maximum atomic E-state index is 11.1. The standard InChI is InChI=1S/C17H21NO2S/c1-11-9-13(12(2)21-11)16(19)17(10-18)7-8-20-15-6-4-3-5-14(15)17/h3-6,9,16,19H,7-8,10,18H2,1-2H3. The van der Waals surface area contributed by atoms with Crippen LogP contribution in [0.1, 0.15) is 33.4 Å². The van der Waals surface area contributed by atoms with Gasteiger partial charge in [0.15, 0.2) is 0 Å². The third kappa shape index (κ3) is 2.27. The van der Waals surface area contributed by atoms with Gasteiger partial charge >= 0.3 is 0 Å². The molecule has 0 radical (unpaired) electrons. The van der Waals surface area contributed by atoms with Gasteiger partial charge in [0.05, 0.1) is 12.7 Å². The highest BCUT2D eigenvalue weighted by molar-refractivity contribution is 7.12. The second-order valence-electron chi connectivity index (χ2n) is 5.73. The molecule has 0 aliphatic carbocycles. The molecular weight excluding hydrogens is 282 g/mol. The van der Waals surface area contributed by atoms with E-state index in [9.17, 15) is 5.11 Å². The Hall–Kier alpha value is -1.36. The number of ether oxygens (including phenoxy) is 1. The molecule has 0 saturated carbocycles. The zero-order chi connectivity index (χ0) is 15.0. The van der Waals surface area contributed by atoms with Crippen LogP contribution in [-0.4, -0.2) is 18.3 Å². The molecule has 112 valence electrons. The highest BCUT2D eigenvalue weighted by Gasteiger charge is 2.44. The van der Waals surface area contributed by atoms with Gasteiger partial charge in [-0.3, -0.25) is 0 Å². The molecule has 0 amide bonds. The zero-order valence-electron chi connectivity index (χ0n) is 12.4. The normalized spacial score (nSPS) is 22.5. The van der Waals surface area contributed by atoms with Gasteiger partial charge in [0, 0.05) is 27.3 Å². The topological polar surface area (TPSA) is 55.5 Å². The monoisotopic (exact) mass is 303 g/mol. The summed E-state index contributed by atoms with van der Waals surface area (Å²) in [5.41, 5.74) is 7.69. The number of benzene rings is 1. The number of thiophene rings is 1. The van der Waals surface area contributed by atoms with E-state index in [0.717, 1.165) is 28.2 Å². The first-order valence-corrected chi connectivity index (χ1v) is 8.07. The van der Waals surface area contributed by atoms with Crippen LogP contribution in [0.25, 0.3) is 0 Å². The van der Waals surface area contributed by atoms with Crippen LogP contribution in [0.4, 0.5) is 0 Å². The van der Waals surface area contributed by atoms with E-state index in [0.29, 0.717) is 13.2 Å². The van der Waals surface area contributed by atoms with Gasteiger partial charge in [-0.15, -0.1) is 11.3 Å². The number of fused-ring (bicyclic) bond motifs is 1. The minimum Gasteiger partial charge on any atom is -0.493 e. The van der Waals surface area contributed by atoms with Crippen molar-refractivity contribution >= 4 is 11.3 Å². The van der Waals surface area contributed by atoms with Crippen LogP contribution in [0.2, 0.25) is 0 Å². The molecule has 0 spiro atoms. The van der Waals surface area contributed by atoms with E-state index in [1.165, 1.54) is 4.88 Å². The Kier molecular flexibility index (Phi) is 3.78. The fourth-order valence-electron chi connectivity index (χ4n) is 3.31. The summed E-state index contributed by atoms with van der Waals surface area (Å²) in [6.45, 7) is 5.13.